The van der Waals surface area contributed by atoms with Crippen molar-refractivity contribution in [1.29, 1.82) is 0 Å². The van der Waals surface area contributed by atoms with Crippen LogP contribution in [0.25, 0.3) is 0 Å². The molecule has 6 N–H and O–H groups in total. The maximum atomic E-state index is 8.18. The van der Waals surface area contributed by atoms with Crippen LogP contribution < -0.4 is 17.0 Å². The molecule has 0 saturated heterocycles. The standard InChI is InChI=1S/C5H13NO.H4N2/c1-2-3-4-6-5-7;1-2/h6-7H,2-5H2,1H3;1-2H2. The first kappa shape index (κ1) is 11.6. The number of hydrogen-bond acceptors (Lipinski definition) is 4. The third-order valence-corrected chi connectivity index (χ3v) is 0.819. The Balaban J connectivity index is 0. The van der Waals surface area contributed by atoms with Crippen molar-refractivity contribution in [2.45, 2.75) is 19.8 Å². The molecule has 4 heteroatoms. The molecule has 0 saturated carbocycles. The van der Waals surface area contributed by atoms with Gasteiger partial charge in [-0.05, 0) is 13.0 Å². The van der Waals surface area contributed by atoms with E-state index in [1.165, 1.54) is 6.42 Å². The van der Waals surface area contributed by atoms with Crippen LogP contribution in [-0.4, -0.2) is 18.4 Å². The number of unbranched alkanes of at least 4 members (excludes halogenated alkanes) is 1. The number of aliphatic hydroxyl groups excluding tert-OH is 1. The minimum atomic E-state index is 0.111. The number of hydrazine groups is 1. The molecule has 0 aromatic rings. The fourth-order valence-electron chi connectivity index (χ4n) is 0.381. The molecule has 0 aromatic carbocycles. The van der Waals surface area contributed by atoms with Crippen molar-refractivity contribution in [2.75, 3.05) is 13.3 Å². The smallest absolute Gasteiger partial charge is 0.0931 e. The van der Waals surface area contributed by atoms with Gasteiger partial charge in [0.25, 0.3) is 0 Å². The lowest BCUT2D eigenvalue weighted by atomic mass is 10.3. The summed E-state index contributed by atoms with van der Waals surface area (Å²) >= 11 is 0. The van der Waals surface area contributed by atoms with Crippen LogP contribution in [0.5, 0.6) is 0 Å². The molecular weight excluding hydrogens is 118 g/mol. The SMILES string of the molecule is CCCCNCO.NN. The summed E-state index contributed by atoms with van der Waals surface area (Å²) in [6.45, 7) is 3.17. The molecule has 58 valence electrons. The van der Waals surface area contributed by atoms with E-state index in [1.54, 1.807) is 0 Å². The molecule has 0 radical (unpaired) electrons. The van der Waals surface area contributed by atoms with E-state index in [2.05, 4.69) is 23.9 Å². The third-order valence-electron chi connectivity index (χ3n) is 0.819. The van der Waals surface area contributed by atoms with E-state index in [1.807, 2.05) is 0 Å². The van der Waals surface area contributed by atoms with Crippen LogP contribution in [0.4, 0.5) is 0 Å². The summed E-state index contributed by atoms with van der Waals surface area (Å²) in [6.07, 6.45) is 2.34. The lowest BCUT2D eigenvalue weighted by Gasteiger charge is -1.94. The molecule has 0 fully saturated rings. The number of nitrogens with one attached hydrogen (secondary N) is 1. The molecule has 0 amide bonds. The van der Waals surface area contributed by atoms with Gasteiger partial charge < -0.3 is 5.11 Å². The van der Waals surface area contributed by atoms with Gasteiger partial charge in [0.15, 0.2) is 0 Å². The van der Waals surface area contributed by atoms with E-state index >= 15 is 0 Å². The summed E-state index contributed by atoms with van der Waals surface area (Å²) in [5, 5.41) is 11.0. The zero-order chi connectivity index (χ0) is 7.54. The average Bonchev–Trinajstić information content (AvgIpc) is 1.94. The fraction of sp³-hybridized carbons (Fsp3) is 1.00. The second-order valence-electron chi connectivity index (χ2n) is 1.51. The maximum absolute atomic E-state index is 8.18. The molecule has 0 aliphatic heterocycles. The van der Waals surface area contributed by atoms with Gasteiger partial charge in [-0.1, -0.05) is 13.3 Å². The van der Waals surface area contributed by atoms with Gasteiger partial charge in [0.05, 0.1) is 6.73 Å². The Morgan fingerprint density at radius 1 is 1.44 bits per heavy atom. The quantitative estimate of drug-likeness (QED) is 0.175. The Morgan fingerprint density at radius 3 is 2.33 bits per heavy atom. The first-order chi connectivity index (χ1) is 4.41. The molecule has 4 nitrogen and oxygen atoms in total. The van der Waals surface area contributed by atoms with Gasteiger partial charge in [0.2, 0.25) is 0 Å². The van der Waals surface area contributed by atoms with Crippen molar-refractivity contribution >= 4 is 0 Å². The topological polar surface area (TPSA) is 84.3 Å². The van der Waals surface area contributed by atoms with E-state index in [0.29, 0.717) is 0 Å². The van der Waals surface area contributed by atoms with Crippen LogP contribution in [0, 0.1) is 0 Å². The number of hydrogen-bond donors (Lipinski definition) is 4. The molecule has 0 spiro atoms. The van der Waals surface area contributed by atoms with E-state index < -0.39 is 0 Å². The van der Waals surface area contributed by atoms with E-state index in [0.717, 1.165) is 13.0 Å². The lowest BCUT2D eigenvalue weighted by molar-refractivity contribution is 0.260. The van der Waals surface area contributed by atoms with Crippen molar-refractivity contribution in [1.82, 2.24) is 5.32 Å². The average molecular weight is 135 g/mol. The van der Waals surface area contributed by atoms with Gasteiger partial charge >= 0.3 is 0 Å². The van der Waals surface area contributed by atoms with Crippen LogP contribution in [0.1, 0.15) is 19.8 Å². The molecule has 0 atom stereocenters. The number of rotatable bonds is 4. The summed E-state index contributed by atoms with van der Waals surface area (Å²) in [7, 11) is 0. The Hall–Kier alpha value is -0.160. The van der Waals surface area contributed by atoms with Crippen LogP contribution in [0.3, 0.4) is 0 Å². The van der Waals surface area contributed by atoms with Crippen molar-refractivity contribution in [3.63, 3.8) is 0 Å². The molecule has 0 aromatic heterocycles. The molecule has 0 aliphatic rings. The Labute approximate surface area is 56.2 Å². The molecule has 9 heavy (non-hydrogen) atoms. The minimum Gasteiger partial charge on any atom is -0.381 e. The fourth-order valence-corrected chi connectivity index (χ4v) is 0.381. The predicted octanol–water partition coefficient (Wildman–Crippen LogP) is -0.855. The van der Waals surface area contributed by atoms with Crippen molar-refractivity contribution in [3.8, 4) is 0 Å². The zero-order valence-corrected chi connectivity index (χ0v) is 5.93. The first-order valence-electron chi connectivity index (χ1n) is 3.06. The number of nitrogens with two attached hydrogens (primary N) is 2. The summed E-state index contributed by atoms with van der Waals surface area (Å²) in [6, 6.07) is 0. The maximum Gasteiger partial charge on any atom is 0.0931 e. The highest BCUT2D eigenvalue weighted by molar-refractivity contribution is 4.36. The van der Waals surface area contributed by atoms with Gasteiger partial charge in [-0.15, -0.1) is 0 Å². The summed E-state index contributed by atoms with van der Waals surface area (Å²) in [4.78, 5) is 0. The van der Waals surface area contributed by atoms with Crippen LogP contribution >= 0.6 is 0 Å². The monoisotopic (exact) mass is 135 g/mol. The normalized spacial score (nSPS) is 8.00. The largest absolute Gasteiger partial charge is 0.381 e. The van der Waals surface area contributed by atoms with E-state index in [4.69, 9.17) is 5.11 Å². The molecule has 0 unspecified atom stereocenters. The lowest BCUT2D eigenvalue weighted by Crippen LogP contribution is -2.15. The molecule has 0 heterocycles. The summed E-state index contributed by atoms with van der Waals surface area (Å²) in [5.41, 5.74) is 0. The van der Waals surface area contributed by atoms with Crippen LogP contribution in [0.2, 0.25) is 0 Å². The second-order valence-corrected chi connectivity index (χ2v) is 1.51. The highest BCUT2D eigenvalue weighted by atomic mass is 16.3. The number of aliphatic hydroxyl groups is 1. The minimum absolute atomic E-state index is 0.111. The van der Waals surface area contributed by atoms with Crippen molar-refractivity contribution in [2.24, 2.45) is 11.7 Å². The Kier molecular flexibility index (Phi) is 20.2. The van der Waals surface area contributed by atoms with Gasteiger partial charge in [0, 0.05) is 0 Å². The van der Waals surface area contributed by atoms with Gasteiger partial charge in [-0.25, -0.2) is 0 Å². The third kappa shape index (κ3) is 18.1. The zero-order valence-electron chi connectivity index (χ0n) is 5.93. The highest BCUT2D eigenvalue weighted by Crippen LogP contribution is 1.79. The van der Waals surface area contributed by atoms with Crippen molar-refractivity contribution in [3.05, 3.63) is 0 Å². The Morgan fingerprint density at radius 2 is 2.00 bits per heavy atom. The second kappa shape index (κ2) is 15.7. The van der Waals surface area contributed by atoms with Gasteiger partial charge in [0.1, 0.15) is 0 Å². The highest BCUT2D eigenvalue weighted by Gasteiger charge is 1.77. The molecule has 0 aliphatic carbocycles. The predicted molar refractivity (Wildman–Crippen MR) is 38.4 cm³/mol. The molecule has 0 rings (SSSR count). The van der Waals surface area contributed by atoms with Gasteiger partial charge in [-0.2, -0.15) is 0 Å². The van der Waals surface area contributed by atoms with E-state index in [-0.39, 0.29) is 6.73 Å². The Bertz CT molecular complexity index is 31.4. The van der Waals surface area contributed by atoms with Gasteiger partial charge in [-0.3, -0.25) is 17.0 Å². The molecular formula is C5H17N3O. The first-order valence-corrected chi connectivity index (χ1v) is 3.06. The van der Waals surface area contributed by atoms with Crippen LogP contribution in [-0.2, 0) is 0 Å². The van der Waals surface area contributed by atoms with Crippen LogP contribution in [0.15, 0.2) is 0 Å². The molecule has 0 bridgehead atoms. The van der Waals surface area contributed by atoms with Crippen molar-refractivity contribution < 1.29 is 5.11 Å². The van der Waals surface area contributed by atoms with E-state index in [9.17, 15) is 0 Å². The summed E-state index contributed by atoms with van der Waals surface area (Å²) < 4.78 is 0. The summed E-state index contributed by atoms with van der Waals surface area (Å²) in [5.74, 6) is 8.00.